The van der Waals surface area contributed by atoms with Crippen LogP contribution in [0.4, 0.5) is 0 Å². The van der Waals surface area contributed by atoms with E-state index >= 15 is 0 Å². The van der Waals surface area contributed by atoms with E-state index in [0.717, 1.165) is 35.8 Å². The summed E-state index contributed by atoms with van der Waals surface area (Å²) in [5.74, 6) is 0.711. The molecule has 0 aliphatic heterocycles. The minimum Gasteiger partial charge on any atom is -0.494 e. The van der Waals surface area contributed by atoms with Crippen molar-refractivity contribution in [1.29, 1.82) is 0 Å². The van der Waals surface area contributed by atoms with E-state index < -0.39 is 16.6 Å². The molecule has 0 atom stereocenters. The van der Waals surface area contributed by atoms with Crippen molar-refractivity contribution in [3.63, 3.8) is 0 Å². The predicted molar refractivity (Wildman–Crippen MR) is 125 cm³/mol. The molecule has 0 heterocycles. The average molecular weight is 397 g/mol. The highest BCUT2D eigenvalue weighted by Gasteiger charge is 2.32. The summed E-state index contributed by atoms with van der Waals surface area (Å²) in [6.07, 6.45) is 3.60. The van der Waals surface area contributed by atoms with Crippen LogP contribution in [0, 0.1) is 0 Å². The van der Waals surface area contributed by atoms with Crippen molar-refractivity contribution < 1.29 is 8.85 Å². The van der Waals surface area contributed by atoms with E-state index in [1.54, 1.807) is 0 Å². The molecule has 0 saturated carbocycles. The molecule has 0 N–H and O–H groups in total. The molecule has 0 radical (unpaired) electrons. The first-order valence-corrected chi connectivity index (χ1v) is 16.0. The fourth-order valence-corrected chi connectivity index (χ4v) is 11.3. The Kier molecular flexibility index (Phi) is 14.0. The monoisotopic (exact) mass is 396 g/mol. The molecular weight excluding hydrogens is 352 g/mol. The van der Waals surface area contributed by atoms with Gasteiger partial charge in [0.1, 0.15) is 5.76 Å². The molecule has 0 unspecified atom stereocenters. The van der Waals surface area contributed by atoms with Crippen LogP contribution in [0.5, 0.6) is 0 Å². The Labute approximate surface area is 166 Å². The fourth-order valence-electron chi connectivity index (χ4n) is 2.27. The highest BCUT2D eigenvalue weighted by atomic mass is 28.4. The van der Waals surface area contributed by atoms with Gasteiger partial charge in [-0.25, -0.2) is 0 Å². The lowest BCUT2D eigenvalue weighted by atomic mass is 10.2. The zero-order valence-corrected chi connectivity index (χ0v) is 20.9. The van der Waals surface area contributed by atoms with Gasteiger partial charge in [0, 0.05) is 0 Å². The van der Waals surface area contributed by atoms with Crippen LogP contribution in [0.15, 0.2) is 48.8 Å². The number of unbranched alkanes of at least 4 members (excludes halogenated alkanes) is 1. The van der Waals surface area contributed by atoms with Gasteiger partial charge in [-0.2, -0.15) is 0 Å². The summed E-state index contributed by atoms with van der Waals surface area (Å²) in [5.41, 5.74) is 3.04. The third kappa shape index (κ3) is 16.6. The third-order valence-corrected chi connectivity index (χ3v) is 11.6. The second-order valence-corrected chi connectivity index (χ2v) is 17.3. The van der Waals surface area contributed by atoms with Crippen LogP contribution in [0.1, 0.15) is 47.0 Å². The molecule has 0 spiro atoms. The van der Waals surface area contributed by atoms with E-state index in [1.807, 2.05) is 20.8 Å². The summed E-state index contributed by atoms with van der Waals surface area (Å²) in [7, 11) is -3.03. The zero-order chi connectivity index (χ0) is 21.0. The van der Waals surface area contributed by atoms with Gasteiger partial charge < -0.3 is 8.85 Å². The second-order valence-electron chi connectivity index (χ2n) is 8.44. The SMILES string of the molecule is C=C(C)C(=C)C.C=C(C)C(=C)OCCC[Si](C)(C)O[Si](C)(C)CCCC. The Morgan fingerprint density at radius 3 is 1.50 bits per heavy atom. The Morgan fingerprint density at radius 1 is 0.731 bits per heavy atom. The van der Waals surface area contributed by atoms with Gasteiger partial charge in [-0.15, -0.1) is 0 Å². The van der Waals surface area contributed by atoms with Crippen molar-refractivity contribution in [1.82, 2.24) is 0 Å². The lowest BCUT2D eigenvalue weighted by Gasteiger charge is -2.34. The first-order valence-electron chi connectivity index (χ1n) is 9.73. The summed E-state index contributed by atoms with van der Waals surface area (Å²) >= 11 is 0. The van der Waals surface area contributed by atoms with Gasteiger partial charge in [0.2, 0.25) is 0 Å². The number of ether oxygens (including phenoxy) is 1. The lowest BCUT2D eigenvalue weighted by molar-refractivity contribution is 0.221. The first-order chi connectivity index (χ1) is 11.7. The van der Waals surface area contributed by atoms with Crippen LogP contribution < -0.4 is 0 Å². The van der Waals surface area contributed by atoms with Crippen LogP contribution in [0.3, 0.4) is 0 Å². The van der Waals surface area contributed by atoms with Crippen LogP contribution in [0.25, 0.3) is 0 Å². The summed E-state index contributed by atoms with van der Waals surface area (Å²) in [6, 6.07) is 2.43. The van der Waals surface area contributed by atoms with E-state index in [-0.39, 0.29) is 0 Å². The van der Waals surface area contributed by atoms with Gasteiger partial charge in [0.15, 0.2) is 16.6 Å². The number of hydrogen-bond donors (Lipinski definition) is 0. The molecule has 152 valence electrons. The van der Waals surface area contributed by atoms with Crippen LogP contribution in [0.2, 0.25) is 38.3 Å². The van der Waals surface area contributed by atoms with Crippen molar-refractivity contribution in [2.75, 3.05) is 6.61 Å². The molecule has 0 aromatic rings. The zero-order valence-electron chi connectivity index (χ0n) is 18.9. The maximum absolute atomic E-state index is 6.56. The molecular formula is C22H44O2Si2. The van der Waals surface area contributed by atoms with Crippen LogP contribution >= 0.6 is 0 Å². The summed E-state index contributed by atoms with van der Waals surface area (Å²) < 4.78 is 12.1. The van der Waals surface area contributed by atoms with Crippen molar-refractivity contribution >= 4 is 16.6 Å². The minimum atomic E-state index is -1.56. The molecule has 26 heavy (non-hydrogen) atoms. The topological polar surface area (TPSA) is 18.5 Å². The van der Waals surface area contributed by atoms with E-state index in [2.05, 4.69) is 59.4 Å². The van der Waals surface area contributed by atoms with Gasteiger partial charge >= 0.3 is 0 Å². The molecule has 0 aliphatic carbocycles. The van der Waals surface area contributed by atoms with Crippen molar-refractivity contribution in [3.8, 4) is 0 Å². The molecule has 0 saturated heterocycles. The Balaban J connectivity index is 0. The third-order valence-electron chi connectivity index (χ3n) is 4.09. The number of allylic oxidation sites excluding steroid dienone is 3. The van der Waals surface area contributed by atoms with Gasteiger partial charge in [-0.1, -0.05) is 57.2 Å². The van der Waals surface area contributed by atoms with Gasteiger partial charge in [-0.05, 0) is 71.0 Å². The van der Waals surface area contributed by atoms with Crippen LogP contribution in [-0.2, 0) is 8.85 Å². The molecule has 0 aliphatic rings. The molecule has 0 aromatic heterocycles. The fraction of sp³-hybridized carbons (Fsp3) is 0.636. The van der Waals surface area contributed by atoms with Crippen LogP contribution in [-0.4, -0.2) is 23.2 Å². The maximum atomic E-state index is 6.56. The highest BCUT2D eigenvalue weighted by Crippen LogP contribution is 2.24. The Morgan fingerprint density at radius 2 is 1.15 bits per heavy atom. The summed E-state index contributed by atoms with van der Waals surface area (Å²) in [4.78, 5) is 0. The van der Waals surface area contributed by atoms with Gasteiger partial charge in [0.25, 0.3) is 0 Å². The Hall–Kier alpha value is -0.846. The molecule has 2 nitrogen and oxygen atoms in total. The van der Waals surface area contributed by atoms with Gasteiger partial charge in [0.05, 0.1) is 6.61 Å². The van der Waals surface area contributed by atoms with Gasteiger partial charge in [-0.3, -0.25) is 0 Å². The largest absolute Gasteiger partial charge is 0.494 e. The van der Waals surface area contributed by atoms with Crippen molar-refractivity contribution in [3.05, 3.63) is 48.8 Å². The summed E-state index contributed by atoms with van der Waals surface area (Å²) in [5, 5.41) is 0. The first kappa shape index (κ1) is 27.4. The molecule has 0 amide bonds. The second kappa shape index (κ2) is 13.3. The molecule has 0 fully saturated rings. The quantitative estimate of drug-likeness (QED) is 0.145. The predicted octanol–water partition coefficient (Wildman–Crippen LogP) is 7.85. The van der Waals surface area contributed by atoms with E-state index in [1.165, 1.54) is 18.9 Å². The molecule has 0 aromatic carbocycles. The smallest absolute Gasteiger partial charge is 0.173 e. The molecule has 4 heteroatoms. The van der Waals surface area contributed by atoms with E-state index in [9.17, 15) is 0 Å². The molecule has 0 rings (SSSR count). The maximum Gasteiger partial charge on any atom is 0.173 e. The highest BCUT2D eigenvalue weighted by molar-refractivity contribution is 6.84. The normalized spacial score (nSPS) is 11.2. The van der Waals surface area contributed by atoms with Crippen molar-refractivity contribution in [2.45, 2.75) is 85.2 Å². The molecule has 0 bridgehead atoms. The number of hydrogen-bond acceptors (Lipinski definition) is 2. The Bertz CT molecular complexity index is 465. The lowest BCUT2D eigenvalue weighted by Crippen LogP contribution is -2.44. The van der Waals surface area contributed by atoms with E-state index in [4.69, 9.17) is 8.85 Å². The number of rotatable bonds is 12. The summed E-state index contributed by atoms with van der Waals surface area (Å²) in [6.45, 7) is 33.2. The average Bonchev–Trinajstić information content (AvgIpc) is 2.48. The standard InChI is InChI=1S/C16H34O2Si2.C6H10/c1-9-10-13-19(5,6)18-20(7,8)14-11-12-17-16(4)15(2)3;1-5(2)6(3)4/h2,4,9-14H2,1,3,5-8H3;1,3H2,2,4H3. The van der Waals surface area contributed by atoms with Crippen molar-refractivity contribution in [2.24, 2.45) is 0 Å². The minimum absolute atomic E-state index is 0.711. The van der Waals surface area contributed by atoms with E-state index in [0.29, 0.717) is 5.76 Å².